The van der Waals surface area contributed by atoms with Gasteiger partial charge >= 0.3 is 0 Å². The second-order valence-electron chi connectivity index (χ2n) is 29.9. The van der Waals surface area contributed by atoms with Crippen LogP contribution < -0.4 is 9.80 Å². The molecule has 20 rings (SSSR count). The fourth-order valence-electron chi connectivity index (χ4n) is 16.4. The molecule has 0 heterocycles. The van der Waals surface area contributed by atoms with Crippen molar-refractivity contribution in [3.63, 3.8) is 0 Å². The topological polar surface area (TPSA) is 6.48 Å². The first-order valence-electron chi connectivity index (χ1n) is 40.5. The van der Waals surface area contributed by atoms with Crippen LogP contribution in [0.2, 0.25) is 0 Å². The lowest BCUT2D eigenvalue weighted by atomic mass is 9.88. The molecule has 0 aromatic heterocycles. The zero-order chi connectivity index (χ0) is 78.8. The quantitative estimate of drug-likeness (QED) is 0.0845. The lowest BCUT2D eigenvalue weighted by molar-refractivity contribution is 1.28. The fourth-order valence-corrected chi connectivity index (χ4v) is 16.4. The van der Waals surface area contributed by atoms with Gasteiger partial charge in [0, 0.05) is 34.1 Å². The van der Waals surface area contributed by atoms with Crippen molar-refractivity contribution in [1.29, 1.82) is 0 Å². The van der Waals surface area contributed by atoms with E-state index in [9.17, 15) is 0 Å². The number of hydrogen-bond acceptors (Lipinski definition) is 2. The summed E-state index contributed by atoms with van der Waals surface area (Å²) in [6.07, 6.45) is 0. The highest BCUT2D eigenvalue weighted by atomic mass is 15.1. The van der Waals surface area contributed by atoms with Gasteiger partial charge in [0.1, 0.15) is 0 Å². The largest absolute Gasteiger partial charge is 0.310 e. The second-order valence-corrected chi connectivity index (χ2v) is 29.9. The molecule has 0 fully saturated rings. The molecule has 0 atom stereocenters. The van der Waals surface area contributed by atoms with E-state index in [2.05, 4.69) is 507 Å². The molecular weight excluding hydrogens is 1420 g/mol. The van der Waals surface area contributed by atoms with Gasteiger partial charge < -0.3 is 9.80 Å². The van der Waals surface area contributed by atoms with Gasteiger partial charge in [0.2, 0.25) is 0 Å². The molecule has 2 nitrogen and oxygen atoms in total. The molecular formula is C116H82N2. The Bertz CT molecular complexity index is 6810. The van der Waals surface area contributed by atoms with Crippen LogP contribution in [0.5, 0.6) is 0 Å². The molecule has 0 N–H and O–H groups in total. The number of hydrogen-bond donors (Lipinski definition) is 0. The summed E-state index contributed by atoms with van der Waals surface area (Å²) in [4.78, 5) is 4.76. The first-order chi connectivity index (χ1) is 58.5. The van der Waals surface area contributed by atoms with Crippen molar-refractivity contribution in [3.05, 3.63) is 497 Å². The average Bonchev–Trinajstić information content (AvgIpc) is 0.755. The summed E-state index contributed by atoms with van der Waals surface area (Å²) in [5.41, 5.74) is 35.1. The summed E-state index contributed by atoms with van der Waals surface area (Å²) in [6.45, 7) is 0. The molecule has 0 amide bonds. The first-order valence-corrected chi connectivity index (χ1v) is 40.5. The third-order valence-electron chi connectivity index (χ3n) is 22.6. The van der Waals surface area contributed by atoms with Crippen molar-refractivity contribution >= 4 is 55.7 Å². The summed E-state index contributed by atoms with van der Waals surface area (Å²) < 4.78 is 0. The van der Waals surface area contributed by atoms with Crippen molar-refractivity contribution in [1.82, 2.24) is 0 Å². The summed E-state index contributed by atoms with van der Waals surface area (Å²) >= 11 is 0. The Morgan fingerprint density at radius 3 is 0.686 bits per heavy atom. The third-order valence-corrected chi connectivity index (χ3v) is 22.6. The van der Waals surface area contributed by atoms with E-state index in [4.69, 9.17) is 0 Å². The van der Waals surface area contributed by atoms with E-state index in [1.165, 1.54) is 144 Å². The summed E-state index contributed by atoms with van der Waals surface area (Å²) in [5.74, 6) is 0. The Balaban J connectivity index is 0.000000157. The van der Waals surface area contributed by atoms with Gasteiger partial charge in [0.15, 0.2) is 0 Å². The van der Waals surface area contributed by atoms with Crippen LogP contribution in [0.4, 0.5) is 34.1 Å². The Kier molecular flexibility index (Phi) is 20.8. The van der Waals surface area contributed by atoms with E-state index in [1.807, 2.05) is 0 Å². The molecule has 0 aliphatic rings. The number of nitrogens with zero attached hydrogens (tertiary/aromatic N) is 2. The van der Waals surface area contributed by atoms with Crippen LogP contribution in [0.1, 0.15) is 0 Å². The summed E-state index contributed by atoms with van der Waals surface area (Å²) in [6, 6.07) is 180. The van der Waals surface area contributed by atoms with E-state index < -0.39 is 0 Å². The van der Waals surface area contributed by atoms with Gasteiger partial charge in [-0.2, -0.15) is 0 Å². The van der Waals surface area contributed by atoms with Crippen LogP contribution in [0, 0.1) is 0 Å². The van der Waals surface area contributed by atoms with Crippen molar-refractivity contribution < 1.29 is 0 Å². The van der Waals surface area contributed by atoms with Gasteiger partial charge in [0.05, 0.1) is 0 Å². The van der Waals surface area contributed by atoms with Crippen LogP contribution in [-0.4, -0.2) is 0 Å². The zero-order valence-electron chi connectivity index (χ0n) is 65.2. The Morgan fingerprint density at radius 1 is 0.0932 bits per heavy atom. The molecule has 118 heavy (non-hydrogen) atoms. The first kappa shape index (κ1) is 72.7. The maximum Gasteiger partial charge on any atom is 0.0468 e. The smallest absolute Gasteiger partial charge is 0.0468 e. The van der Waals surface area contributed by atoms with Crippen LogP contribution in [-0.2, 0) is 0 Å². The maximum absolute atomic E-state index is 2.38. The van der Waals surface area contributed by atoms with Gasteiger partial charge in [0.25, 0.3) is 0 Å². The highest BCUT2D eigenvalue weighted by Crippen LogP contribution is 2.47. The average molecular weight is 1500 g/mol. The molecule has 0 spiro atoms. The van der Waals surface area contributed by atoms with Crippen molar-refractivity contribution in [2.75, 3.05) is 9.80 Å². The van der Waals surface area contributed by atoms with E-state index >= 15 is 0 Å². The summed E-state index contributed by atoms with van der Waals surface area (Å²) in [7, 11) is 0. The van der Waals surface area contributed by atoms with Gasteiger partial charge in [-0.3, -0.25) is 0 Å². The molecule has 0 bridgehead atoms. The number of rotatable bonds is 18. The normalized spacial score (nSPS) is 11.1. The highest BCUT2D eigenvalue weighted by Gasteiger charge is 2.22. The molecule has 20 aromatic rings. The van der Waals surface area contributed by atoms with Crippen LogP contribution in [0.15, 0.2) is 497 Å². The molecule has 0 saturated heterocycles. The van der Waals surface area contributed by atoms with E-state index in [-0.39, 0.29) is 0 Å². The minimum absolute atomic E-state index is 1.08. The molecule has 20 aromatic carbocycles. The van der Waals surface area contributed by atoms with E-state index in [1.54, 1.807) is 0 Å². The van der Waals surface area contributed by atoms with Crippen molar-refractivity contribution in [3.8, 4) is 134 Å². The second kappa shape index (κ2) is 33.7. The van der Waals surface area contributed by atoms with Crippen LogP contribution >= 0.6 is 0 Å². The van der Waals surface area contributed by atoms with Crippen LogP contribution in [0.25, 0.3) is 155 Å². The fraction of sp³-hybridized carbons (Fsp3) is 0. The minimum atomic E-state index is 1.08. The standard InChI is InChI=1S/2C58H41N/c1-4-14-42(15-5-1)45-24-27-49(28-25-45)58-41-54(38-39-57(58)56-23-13-12-22-55(56)48-19-8-3-9-20-48)59(52-34-30-46(31-35-52)43-16-6-2-7-17-43)53-36-32-47(33-37-53)51-29-26-44-18-10-11-21-50(44)40-51;1-4-13-42(14-5-1)46-23-26-49(27-24-46)58-41-56(37-38-57(58)53-22-12-21-51(40-53)44-17-8-3-9-18-44)59(54-33-29-47(30-34-54)43-15-6-2-7-16-43)55-35-31-48(32-36-55)52-28-25-45-19-10-11-20-50(45)39-52/h2*1-41H. The Hall–Kier alpha value is -15.5. The van der Waals surface area contributed by atoms with E-state index in [0.29, 0.717) is 0 Å². The van der Waals surface area contributed by atoms with Crippen molar-refractivity contribution in [2.24, 2.45) is 0 Å². The predicted molar refractivity (Wildman–Crippen MR) is 502 cm³/mol. The lowest BCUT2D eigenvalue weighted by Gasteiger charge is -2.27. The van der Waals surface area contributed by atoms with Crippen LogP contribution in [0.3, 0.4) is 0 Å². The number of anilines is 6. The minimum Gasteiger partial charge on any atom is -0.310 e. The van der Waals surface area contributed by atoms with Gasteiger partial charge in [-0.15, -0.1) is 0 Å². The monoisotopic (exact) mass is 1500 g/mol. The Morgan fingerprint density at radius 2 is 0.305 bits per heavy atom. The Labute approximate surface area is 691 Å². The zero-order valence-corrected chi connectivity index (χ0v) is 65.2. The maximum atomic E-state index is 2.38. The van der Waals surface area contributed by atoms with Crippen molar-refractivity contribution in [2.45, 2.75) is 0 Å². The molecule has 0 radical (unpaired) electrons. The molecule has 0 aliphatic heterocycles. The van der Waals surface area contributed by atoms with Gasteiger partial charge in [-0.05, 0) is 246 Å². The van der Waals surface area contributed by atoms with Gasteiger partial charge in [-0.1, -0.05) is 406 Å². The molecule has 0 aliphatic carbocycles. The molecule has 0 unspecified atom stereocenters. The molecule has 556 valence electrons. The summed E-state index contributed by atoms with van der Waals surface area (Å²) in [5, 5.41) is 4.98. The lowest BCUT2D eigenvalue weighted by Crippen LogP contribution is -2.10. The predicted octanol–water partition coefficient (Wildman–Crippen LogP) is 32.6. The highest BCUT2D eigenvalue weighted by molar-refractivity contribution is 5.97. The SMILES string of the molecule is c1ccc(-c2ccc(-c3cc(N(c4ccc(-c5ccccc5)cc4)c4ccc(-c5ccc6ccccc6c5)cc4)ccc3-c3cccc(-c4ccccc4)c3)cc2)cc1.c1ccc(-c2ccc(-c3cc(N(c4ccc(-c5ccccc5)cc4)c4ccc(-c5ccc6ccccc6c5)cc4)ccc3-c3ccccc3-c3ccccc3)cc2)cc1. The third kappa shape index (κ3) is 15.7. The molecule has 2 heteroatoms. The van der Waals surface area contributed by atoms with Gasteiger partial charge in [-0.25, -0.2) is 0 Å². The number of fused-ring (bicyclic) bond motifs is 2. The van der Waals surface area contributed by atoms with E-state index in [0.717, 1.165) is 45.3 Å². The molecule has 0 saturated carbocycles. The number of benzene rings is 20.